The fourth-order valence-electron chi connectivity index (χ4n) is 2.17. The molecule has 0 saturated carbocycles. The first-order valence-corrected chi connectivity index (χ1v) is 6.58. The van der Waals surface area contributed by atoms with Crippen LogP contribution in [0.2, 0.25) is 0 Å². The molecule has 0 spiro atoms. The van der Waals surface area contributed by atoms with E-state index in [1.165, 1.54) is 0 Å². The lowest BCUT2D eigenvalue weighted by Gasteiger charge is -2.22. The molecular weight excluding hydrogens is 242 g/mol. The molecule has 4 nitrogen and oxygen atoms in total. The summed E-state index contributed by atoms with van der Waals surface area (Å²) in [6.07, 6.45) is 0.492. The van der Waals surface area contributed by atoms with E-state index in [1.54, 1.807) is 7.11 Å². The first-order valence-electron chi connectivity index (χ1n) is 6.58. The maximum Gasteiger partial charge on any atom is 0.308 e. The average Bonchev–Trinajstić information content (AvgIpc) is 2.38. The number of nitrogens with two attached hydrogens (primary N) is 1. The van der Waals surface area contributed by atoms with Crippen LogP contribution in [0.4, 0.5) is 0 Å². The predicted octanol–water partition coefficient (Wildman–Crippen LogP) is 2.93. The zero-order valence-corrected chi connectivity index (χ0v) is 12.0. The van der Waals surface area contributed by atoms with E-state index in [0.29, 0.717) is 18.1 Å². The van der Waals surface area contributed by atoms with Gasteiger partial charge in [0.2, 0.25) is 0 Å². The van der Waals surface area contributed by atoms with Crippen LogP contribution in [0.25, 0.3) is 0 Å². The summed E-state index contributed by atoms with van der Waals surface area (Å²) < 4.78 is 5.30. The van der Waals surface area contributed by atoms with E-state index in [1.807, 2.05) is 25.1 Å². The van der Waals surface area contributed by atoms with Gasteiger partial charge in [0.1, 0.15) is 5.75 Å². The number of ether oxygens (including phenoxy) is 1. The second kappa shape index (κ2) is 6.57. The summed E-state index contributed by atoms with van der Waals surface area (Å²) in [5, 5.41) is 9.23. The first kappa shape index (κ1) is 15.5. The Morgan fingerprint density at radius 3 is 2.47 bits per heavy atom. The summed E-state index contributed by atoms with van der Waals surface area (Å²) in [5.74, 6) is -0.457. The van der Waals surface area contributed by atoms with E-state index in [-0.39, 0.29) is 0 Å². The standard InChI is InChI=1S/C15H23NO3/c1-5-11(15(17)18)14(16)12-8-10(9(2)3)6-7-13(12)19-4/h6-9,11,14H,5,16H2,1-4H3,(H,17,18). The van der Waals surface area contributed by atoms with Crippen molar-refractivity contribution in [3.05, 3.63) is 29.3 Å². The molecule has 1 rings (SSSR count). The van der Waals surface area contributed by atoms with Gasteiger partial charge < -0.3 is 15.6 Å². The van der Waals surface area contributed by atoms with Crippen molar-refractivity contribution in [3.8, 4) is 5.75 Å². The van der Waals surface area contributed by atoms with Crippen molar-refractivity contribution in [1.29, 1.82) is 0 Å². The lowest BCUT2D eigenvalue weighted by Crippen LogP contribution is -2.28. The Morgan fingerprint density at radius 1 is 1.42 bits per heavy atom. The molecule has 0 amide bonds. The molecule has 0 aromatic heterocycles. The molecule has 0 aliphatic carbocycles. The van der Waals surface area contributed by atoms with Gasteiger partial charge in [0.15, 0.2) is 0 Å². The van der Waals surface area contributed by atoms with Crippen molar-refractivity contribution in [2.75, 3.05) is 7.11 Å². The summed E-state index contributed by atoms with van der Waals surface area (Å²) in [7, 11) is 1.57. The zero-order valence-electron chi connectivity index (χ0n) is 12.0. The highest BCUT2D eigenvalue weighted by molar-refractivity contribution is 5.71. The molecule has 4 heteroatoms. The van der Waals surface area contributed by atoms with Gasteiger partial charge in [0, 0.05) is 11.6 Å². The van der Waals surface area contributed by atoms with Gasteiger partial charge in [-0.3, -0.25) is 4.79 Å². The van der Waals surface area contributed by atoms with E-state index >= 15 is 0 Å². The molecule has 0 heterocycles. The van der Waals surface area contributed by atoms with Gasteiger partial charge in [-0.05, 0) is 24.0 Å². The molecule has 2 unspecified atom stereocenters. The van der Waals surface area contributed by atoms with Gasteiger partial charge in [-0.1, -0.05) is 32.9 Å². The highest BCUT2D eigenvalue weighted by Crippen LogP contribution is 2.32. The van der Waals surface area contributed by atoms with E-state index in [0.717, 1.165) is 11.1 Å². The smallest absolute Gasteiger partial charge is 0.308 e. The number of aliphatic carboxylic acids is 1. The SMILES string of the molecule is CCC(C(=O)O)C(N)c1cc(C(C)C)ccc1OC. The van der Waals surface area contributed by atoms with Crippen LogP contribution in [0.1, 0.15) is 50.3 Å². The molecule has 1 aromatic rings. The average molecular weight is 265 g/mol. The maximum absolute atomic E-state index is 11.2. The maximum atomic E-state index is 11.2. The Bertz CT molecular complexity index is 443. The van der Waals surface area contributed by atoms with Crippen molar-refractivity contribution in [2.45, 2.75) is 39.2 Å². The van der Waals surface area contributed by atoms with Crippen LogP contribution in [0.3, 0.4) is 0 Å². The number of hydrogen-bond donors (Lipinski definition) is 2. The minimum Gasteiger partial charge on any atom is -0.496 e. The lowest BCUT2D eigenvalue weighted by molar-refractivity contribution is -0.142. The third kappa shape index (κ3) is 3.47. The first-order chi connectivity index (χ1) is 8.92. The number of carboxylic acid groups (broad SMARTS) is 1. The third-order valence-corrected chi connectivity index (χ3v) is 3.47. The number of hydrogen-bond acceptors (Lipinski definition) is 3. The molecule has 0 fully saturated rings. The quantitative estimate of drug-likeness (QED) is 0.829. The number of rotatable bonds is 6. The van der Waals surface area contributed by atoms with Gasteiger partial charge in [-0.15, -0.1) is 0 Å². The molecule has 3 N–H and O–H groups in total. The highest BCUT2D eigenvalue weighted by Gasteiger charge is 2.27. The predicted molar refractivity (Wildman–Crippen MR) is 75.4 cm³/mol. The molecular formula is C15H23NO3. The van der Waals surface area contributed by atoms with Gasteiger partial charge >= 0.3 is 5.97 Å². The number of benzene rings is 1. The summed E-state index contributed by atoms with van der Waals surface area (Å²) >= 11 is 0. The Hall–Kier alpha value is -1.55. The molecule has 0 saturated heterocycles. The lowest BCUT2D eigenvalue weighted by atomic mass is 9.89. The van der Waals surface area contributed by atoms with Crippen LogP contribution in [0.15, 0.2) is 18.2 Å². The third-order valence-electron chi connectivity index (χ3n) is 3.47. The van der Waals surface area contributed by atoms with Gasteiger partial charge in [-0.2, -0.15) is 0 Å². The fourth-order valence-corrected chi connectivity index (χ4v) is 2.17. The van der Waals surface area contributed by atoms with E-state index < -0.39 is 17.9 Å². The van der Waals surface area contributed by atoms with Crippen molar-refractivity contribution in [3.63, 3.8) is 0 Å². The molecule has 2 atom stereocenters. The molecule has 0 aliphatic heterocycles. The van der Waals surface area contributed by atoms with Crippen LogP contribution in [0, 0.1) is 5.92 Å². The molecule has 0 radical (unpaired) electrons. The van der Waals surface area contributed by atoms with Crippen molar-refractivity contribution < 1.29 is 14.6 Å². The molecule has 0 bridgehead atoms. The van der Waals surface area contributed by atoms with Crippen LogP contribution in [-0.2, 0) is 4.79 Å². The molecule has 19 heavy (non-hydrogen) atoms. The van der Waals surface area contributed by atoms with Gasteiger partial charge in [-0.25, -0.2) is 0 Å². The van der Waals surface area contributed by atoms with Gasteiger partial charge in [0.05, 0.1) is 13.0 Å². The summed E-state index contributed by atoms with van der Waals surface area (Å²) in [5.41, 5.74) is 8.03. The van der Waals surface area contributed by atoms with Crippen LogP contribution >= 0.6 is 0 Å². The fraction of sp³-hybridized carbons (Fsp3) is 0.533. The van der Waals surface area contributed by atoms with Crippen molar-refractivity contribution in [2.24, 2.45) is 11.7 Å². The summed E-state index contributed by atoms with van der Waals surface area (Å²) in [6, 6.07) is 5.25. The highest BCUT2D eigenvalue weighted by atomic mass is 16.5. The molecule has 1 aromatic carbocycles. The number of carbonyl (C=O) groups is 1. The van der Waals surface area contributed by atoms with Crippen LogP contribution < -0.4 is 10.5 Å². The van der Waals surface area contributed by atoms with E-state index in [2.05, 4.69) is 13.8 Å². The number of carboxylic acids is 1. The van der Waals surface area contributed by atoms with Crippen molar-refractivity contribution in [1.82, 2.24) is 0 Å². The Kier molecular flexibility index (Phi) is 5.36. The second-order valence-electron chi connectivity index (χ2n) is 5.03. The zero-order chi connectivity index (χ0) is 14.6. The normalized spacial score (nSPS) is 14.2. The van der Waals surface area contributed by atoms with Gasteiger partial charge in [0.25, 0.3) is 0 Å². The Balaban J connectivity index is 3.21. The Labute approximate surface area is 114 Å². The summed E-state index contributed by atoms with van der Waals surface area (Å²) in [4.78, 5) is 11.2. The second-order valence-corrected chi connectivity index (χ2v) is 5.03. The van der Waals surface area contributed by atoms with Crippen LogP contribution in [0.5, 0.6) is 5.75 Å². The minimum atomic E-state index is -0.869. The topological polar surface area (TPSA) is 72.5 Å². The van der Waals surface area contributed by atoms with E-state index in [4.69, 9.17) is 10.5 Å². The Morgan fingerprint density at radius 2 is 2.05 bits per heavy atom. The minimum absolute atomic E-state index is 0.363. The van der Waals surface area contributed by atoms with E-state index in [9.17, 15) is 9.90 Å². The molecule has 106 valence electrons. The summed E-state index contributed by atoms with van der Waals surface area (Å²) in [6.45, 7) is 6.01. The molecule has 0 aliphatic rings. The monoisotopic (exact) mass is 265 g/mol. The van der Waals surface area contributed by atoms with Crippen LogP contribution in [-0.4, -0.2) is 18.2 Å². The number of methoxy groups -OCH3 is 1. The van der Waals surface area contributed by atoms with Crippen molar-refractivity contribution >= 4 is 5.97 Å². The largest absolute Gasteiger partial charge is 0.496 e.